The molecule has 0 saturated carbocycles. The molecule has 102 valence electrons. The molecule has 0 atom stereocenters. The lowest BCUT2D eigenvalue weighted by atomic mass is 10.0. The molecule has 4 rings (SSSR count). The minimum Gasteiger partial charge on any atom is -0.240 e. The standard InChI is InChI=1S/C15H12N6/c1-10-3-4-12(14(7-10)21-6-2-5-17-21)11-8-13-15(16-9-11)19-20-18-13/h2-9H,1H3,(H,16,18,19,20). The van der Waals surface area contributed by atoms with E-state index in [0.717, 1.165) is 22.3 Å². The van der Waals surface area contributed by atoms with Crippen LogP contribution in [0.1, 0.15) is 5.56 Å². The fourth-order valence-electron chi connectivity index (χ4n) is 2.37. The van der Waals surface area contributed by atoms with Crippen molar-refractivity contribution in [1.82, 2.24) is 30.2 Å². The number of aryl methyl sites for hydroxylation is 1. The van der Waals surface area contributed by atoms with Crippen LogP contribution >= 0.6 is 0 Å². The first-order valence-electron chi connectivity index (χ1n) is 6.59. The Hall–Kier alpha value is -3.02. The Morgan fingerprint density at radius 3 is 2.95 bits per heavy atom. The van der Waals surface area contributed by atoms with E-state index in [-0.39, 0.29) is 0 Å². The van der Waals surface area contributed by atoms with Crippen LogP contribution in [0.4, 0.5) is 0 Å². The molecular formula is C15H12N6. The smallest absolute Gasteiger partial charge is 0.201 e. The number of pyridine rings is 1. The van der Waals surface area contributed by atoms with Crippen molar-refractivity contribution < 1.29 is 0 Å². The molecule has 4 aromatic rings. The summed E-state index contributed by atoms with van der Waals surface area (Å²) in [5.74, 6) is 0. The van der Waals surface area contributed by atoms with Crippen molar-refractivity contribution in [2.24, 2.45) is 0 Å². The topological polar surface area (TPSA) is 72.3 Å². The third kappa shape index (κ3) is 1.97. The average Bonchev–Trinajstić information content (AvgIpc) is 3.18. The number of nitrogens with one attached hydrogen (secondary N) is 1. The van der Waals surface area contributed by atoms with Crippen molar-refractivity contribution in [3.63, 3.8) is 0 Å². The maximum absolute atomic E-state index is 4.33. The fourth-order valence-corrected chi connectivity index (χ4v) is 2.37. The van der Waals surface area contributed by atoms with Gasteiger partial charge in [0.05, 0.1) is 5.69 Å². The molecule has 0 saturated heterocycles. The number of benzene rings is 1. The van der Waals surface area contributed by atoms with Gasteiger partial charge in [-0.2, -0.15) is 15.4 Å². The van der Waals surface area contributed by atoms with Crippen molar-refractivity contribution in [3.8, 4) is 16.8 Å². The van der Waals surface area contributed by atoms with Crippen LogP contribution in [0.15, 0.2) is 48.9 Å². The molecule has 3 aromatic heterocycles. The minimum atomic E-state index is 0.617. The van der Waals surface area contributed by atoms with Gasteiger partial charge in [-0.15, -0.1) is 5.10 Å². The summed E-state index contributed by atoms with van der Waals surface area (Å²) in [5, 5.41) is 15.0. The number of aromatic amines is 1. The third-order valence-electron chi connectivity index (χ3n) is 3.39. The number of H-pyrrole nitrogens is 1. The molecule has 0 spiro atoms. The van der Waals surface area contributed by atoms with Crippen molar-refractivity contribution >= 4 is 11.2 Å². The minimum absolute atomic E-state index is 0.617. The monoisotopic (exact) mass is 276 g/mol. The van der Waals surface area contributed by atoms with Crippen LogP contribution < -0.4 is 0 Å². The summed E-state index contributed by atoms with van der Waals surface area (Å²) in [6, 6.07) is 10.1. The Balaban J connectivity index is 1.95. The van der Waals surface area contributed by atoms with Crippen molar-refractivity contribution in [2.75, 3.05) is 0 Å². The fraction of sp³-hybridized carbons (Fsp3) is 0.0667. The van der Waals surface area contributed by atoms with E-state index in [1.807, 2.05) is 29.2 Å². The molecule has 6 heteroatoms. The van der Waals surface area contributed by atoms with Gasteiger partial charge < -0.3 is 0 Å². The maximum atomic E-state index is 4.33. The Kier molecular flexibility index (Phi) is 2.53. The Morgan fingerprint density at radius 2 is 2.10 bits per heavy atom. The summed E-state index contributed by atoms with van der Waals surface area (Å²) in [6.45, 7) is 2.07. The van der Waals surface area contributed by atoms with Gasteiger partial charge in [-0.1, -0.05) is 12.1 Å². The van der Waals surface area contributed by atoms with Crippen molar-refractivity contribution in [1.29, 1.82) is 0 Å². The highest BCUT2D eigenvalue weighted by atomic mass is 15.3. The molecule has 1 N–H and O–H groups in total. The van der Waals surface area contributed by atoms with Crippen molar-refractivity contribution in [3.05, 3.63) is 54.5 Å². The molecular weight excluding hydrogens is 264 g/mol. The zero-order chi connectivity index (χ0) is 14.2. The molecule has 0 aliphatic rings. The largest absolute Gasteiger partial charge is 0.240 e. The summed E-state index contributed by atoms with van der Waals surface area (Å²) >= 11 is 0. The first-order valence-corrected chi connectivity index (χ1v) is 6.59. The summed E-state index contributed by atoms with van der Waals surface area (Å²) < 4.78 is 1.86. The van der Waals surface area contributed by atoms with Crippen LogP contribution in [0.25, 0.3) is 28.0 Å². The predicted octanol–water partition coefficient (Wildman–Crippen LogP) is 2.51. The molecule has 0 amide bonds. The number of rotatable bonds is 2. The molecule has 0 fully saturated rings. The van der Waals surface area contributed by atoms with Gasteiger partial charge in [0.2, 0.25) is 5.65 Å². The molecule has 0 bridgehead atoms. The van der Waals surface area contributed by atoms with Crippen LogP contribution in [0.5, 0.6) is 0 Å². The summed E-state index contributed by atoms with van der Waals surface area (Å²) in [5.41, 5.74) is 5.61. The van der Waals surface area contributed by atoms with E-state index in [4.69, 9.17) is 0 Å². The number of hydrogen-bond donors (Lipinski definition) is 1. The van der Waals surface area contributed by atoms with Gasteiger partial charge in [-0.05, 0) is 30.7 Å². The first-order chi connectivity index (χ1) is 10.3. The normalized spacial score (nSPS) is 11.1. The highest BCUT2D eigenvalue weighted by Crippen LogP contribution is 2.28. The molecule has 3 heterocycles. The lowest BCUT2D eigenvalue weighted by Gasteiger charge is -2.10. The van der Waals surface area contributed by atoms with Crippen LogP contribution in [0.2, 0.25) is 0 Å². The van der Waals surface area contributed by atoms with Gasteiger partial charge in [-0.3, -0.25) is 0 Å². The molecule has 6 nitrogen and oxygen atoms in total. The Bertz CT molecular complexity index is 907. The third-order valence-corrected chi connectivity index (χ3v) is 3.39. The summed E-state index contributed by atoms with van der Waals surface area (Å²) in [4.78, 5) is 4.33. The van der Waals surface area contributed by atoms with Gasteiger partial charge in [-0.25, -0.2) is 9.67 Å². The molecule has 0 radical (unpaired) electrons. The van der Waals surface area contributed by atoms with E-state index in [0.29, 0.717) is 5.65 Å². The second-order valence-corrected chi connectivity index (χ2v) is 4.86. The predicted molar refractivity (Wildman–Crippen MR) is 79.0 cm³/mol. The lowest BCUT2D eigenvalue weighted by molar-refractivity contribution is 0.881. The van der Waals surface area contributed by atoms with Gasteiger partial charge in [0, 0.05) is 29.7 Å². The molecule has 1 aromatic carbocycles. The summed E-state index contributed by atoms with van der Waals surface area (Å²) in [6.07, 6.45) is 5.51. The first kappa shape index (κ1) is 11.8. The molecule has 0 aliphatic carbocycles. The van der Waals surface area contributed by atoms with Gasteiger partial charge >= 0.3 is 0 Å². The second kappa shape index (κ2) is 4.52. The zero-order valence-corrected chi connectivity index (χ0v) is 11.4. The average molecular weight is 276 g/mol. The van der Waals surface area contributed by atoms with Crippen LogP contribution in [0.3, 0.4) is 0 Å². The molecule has 21 heavy (non-hydrogen) atoms. The molecule has 0 unspecified atom stereocenters. The Labute approximate surface area is 120 Å². The van der Waals surface area contributed by atoms with E-state index in [2.05, 4.69) is 50.6 Å². The SMILES string of the molecule is Cc1ccc(-c2cnc3n[nH]nc3c2)c(-n2cccn2)c1. The molecule has 0 aliphatic heterocycles. The Morgan fingerprint density at radius 1 is 1.14 bits per heavy atom. The quantitative estimate of drug-likeness (QED) is 0.610. The number of nitrogens with zero attached hydrogens (tertiary/aromatic N) is 5. The number of aromatic nitrogens is 6. The van der Waals surface area contributed by atoms with Crippen LogP contribution in [-0.2, 0) is 0 Å². The van der Waals surface area contributed by atoms with Crippen LogP contribution in [0, 0.1) is 6.92 Å². The lowest BCUT2D eigenvalue weighted by Crippen LogP contribution is -1.98. The zero-order valence-electron chi connectivity index (χ0n) is 11.4. The van der Waals surface area contributed by atoms with Gasteiger partial charge in [0.25, 0.3) is 0 Å². The van der Waals surface area contributed by atoms with E-state index in [9.17, 15) is 0 Å². The van der Waals surface area contributed by atoms with E-state index >= 15 is 0 Å². The van der Waals surface area contributed by atoms with E-state index in [1.54, 1.807) is 6.20 Å². The van der Waals surface area contributed by atoms with E-state index < -0.39 is 0 Å². The maximum Gasteiger partial charge on any atom is 0.201 e. The highest BCUT2D eigenvalue weighted by Gasteiger charge is 2.10. The van der Waals surface area contributed by atoms with Gasteiger partial charge in [0.1, 0.15) is 5.52 Å². The number of hydrogen-bond acceptors (Lipinski definition) is 4. The summed E-state index contributed by atoms with van der Waals surface area (Å²) in [7, 11) is 0. The second-order valence-electron chi connectivity index (χ2n) is 4.86. The van der Waals surface area contributed by atoms with E-state index in [1.165, 1.54) is 5.56 Å². The van der Waals surface area contributed by atoms with Crippen molar-refractivity contribution in [2.45, 2.75) is 6.92 Å². The highest BCUT2D eigenvalue weighted by molar-refractivity contribution is 5.80. The van der Waals surface area contributed by atoms with Gasteiger partial charge in [0.15, 0.2) is 0 Å². The number of fused-ring (bicyclic) bond motifs is 1. The van der Waals surface area contributed by atoms with Crippen LogP contribution in [-0.4, -0.2) is 30.2 Å².